The van der Waals surface area contributed by atoms with Crippen LogP contribution in [0.1, 0.15) is 67.7 Å². The van der Waals surface area contributed by atoms with Crippen LogP contribution in [0.25, 0.3) is 22.2 Å². The first-order chi connectivity index (χ1) is 16.2. The number of hydrogen-bond acceptors (Lipinski definition) is 4. The molecule has 2 aromatic heterocycles. The molecule has 0 bridgehead atoms. The molecule has 0 amide bonds. The number of aromatic nitrogens is 2. The zero-order valence-electron chi connectivity index (χ0n) is 21.5. The average molecular weight is 465 g/mol. The summed E-state index contributed by atoms with van der Waals surface area (Å²) in [6.45, 7) is 13.9. The predicted octanol–water partition coefficient (Wildman–Crippen LogP) is 4.47. The zero-order valence-corrected chi connectivity index (χ0v) is 21.5. The van der Waals surface area contributed by atoms with Crippen LogP contribution in [-0.4, -0.2) is 52.5 Å². The van der Waals surface area contributed by atoms with Crippen LogP contribution in [0.2, 0.25) is 0 Å². The number of β-amino-alcohol motifs (C(OH)–C–C–N with tert-alkyl or cyclic N) is 1. The summed E-state index contributed by atoms with van der Waals surface area (Å²) in [5, 5.41) is 14.1. The Morgan fingerprint density at radius 1 is 1.18 bits per heavy atom. The number of aryl methyl sites for hydroxylation is 1. The highest BCUT2D eigenvalue weighted by Crippen LogP contribution is 2.39. The van der Waals surface area contributed by atoms with E-state index in [1.165, 1.54) is 16.5 Å². The summed E-state index contributed by atoms with van der Waals surface area (Å²) in [5.41, 5.74) is 8.13. The fourth-order valence-corrected chi connectivity index (χ4v) is 5.46. The molecule has 1 atom stereocenters. The molecule has 1 aliphatic heterocycles. The molecule has 3 aromatic rings. The van der Waals surface area contributed by atoms with Gasteiger partial charge in [0.15, 0.2) is 0 Å². The van der Waals surface area contributed by atoms with Crippen molar-refractivity contribution in [3.8, 4) is 11.3 Å². The number of fused-ring (bicyclic) bond motifs is 1. The number of pyridine rings is 1. The third-order valence-electron chi connectivity index (χ3n) is 7.71. The molecule has 184 valence electrons. The molecule has 4 rings (SSSR count). The van der Waals surface area contributed by atoms with Gasteiger partial charge in [-0.1, -0.05) is 19.9 Å². The van der Waals surface area contributed by atoms with Crippen molar-refractivity contribution in [1.82, 2.24) is 19.8 Å². The van der Waals surface area contributed by atoms with Gasteiger partial charge in [0, 0.05) is 41.3 Å². The number of benzene rings is 1. The van der Waals surface area contributed by atoms with Crippen LogP contribution in [0.4, 0.5) is 0 Å². The summed E-state index contributed by atoms with van der Waals surface area (Å²) in [6.07, 6.45) is 3.78. The number of rotatable bonds is 7. The average Bonchev–Trinajstić information content (AvgIpc) is 3.22. The number of nitrogens with zero attached hydrogens (tertiary/aromatic N) is 2. The van der Waals surface area contributed by atoms with E-state index in [9.17, 15) is 9.90 Å². The Bertz CT molecular complexity index is 1220. The van der Waals surface area contributed by atoms with E-state index in [1.807, 2.05) is 24.6 Å². The zero-order chi connectivity index (χ0) is 24.6. The maximum absolute atomic E-state index is 12.6. The Hall–Kier alpha value is -2.41. The van der Waals surface area contributed by atoms with Crippen molar-refractivity contribution in [3.63, 3.8) is 0 Å². The number of aliphatic hydroxyl groups excluding tert-OH is 1. The fraction of sp³-hybridized carbons (Fsp3) is 0.536. The van der Waals surface area contributed by atoms with Crippen molar-refractivity contribution in [3.05, 3.63) is 57.0 Å². The van der Waals surface area contributed by atoms with Gasteiger partial charge in [-0.2, -0.15) is 0 Å². The molecule has 1 unspecified atom stereocenters. The lowest BCUT2D eigenvalue weighted by molar-refractivity contribution is 0.0792. The largest absolute Gasteiger partial charge is 0.377 e. The Labute approximate surface area is 203 Å². The molecule has 3 N–H and O–H groups in total. The molecule has 0 saturated carbocycles. The second-order valence-corrected chi connectivity index (χ2v) is 10.1. The quantitative estimate of drug-likeness (QED) is 0.451. The lowest BCUT2D eigenvalue weighted by atomic mass is 9.87. The number of hydrogen-bond donors (Lipinski definition) is 3. The standard InChI is InChI=1S/C28H40N4O2/c1-7-32-15-23(18(4)19(5)28(32)34)27-26(17(2)3)22-14-21(8-9-24(22)30-27)20-10-12-31(13-11-20)16-25(33)29-6/h8-9,14-15,17,20,25,29-30,33H,7,10-13,16H2,1-6H3. The molecular formula is C28H40N4O2. The highest BCUT2D eigenvalue weighted by Gasteiger charge is 2.24. The van der Waals surface area contributed by atoms with Gasteiger partial charge in [-0.05, 0) is 94.4 Å². The van der Waals surface area contributed by atoms with E-state index < -0.39 is 6.23 Å². The molecule has 0 aliphatic carbocycles. The van der Waals surface area contributed by atoms with Gasteiger partial charge in [0.05, 0.1) is 5.69 Å². The van der Waals surface area contributed by atoms with E-state index in [-0.39, 0.29) is 5.56 Å². The number of nitrogens with one attached hydrogen (secondary N) is 2. The van der Waals surface area contributed by atoms with E-state index >= 15 is 0 Å². The van der Waals surface area contributed by atoms with E-state index in [1.54, 1.807) is 7.05 Å². The summed E-state index contributed by atoms with van der Waals surface area (Å²) in [7, 11) is 1.80. The summed E-state index contributed by atoms with van der Waals surface area (Å²) < 4.78 is 1.82. The molecule has 6 nitrogen and oxygen atoms in total. The van der Waals surface area contributed by atoms with Crippen LogP contribution in [0.5, 0.6) is 0 Å². The SMILES string of the molecule is CCn1cc(-c2[nH]c3ccc(C4CCN(CC(O)NC)CC4)cc3c2C(C)C)c(C)c(C)c1=O. The molecule has 1 aromatic carbocycles. The molecule has 0 radical (unpaired) electrons. The Kier molecular flexibility index (Phi) is 7.31. The lowest BCUT2D eigenvalue weighted by Crippen LogP contribution is -2.42. The van der Waals surface area contributed by atoms with Crippen LogP contribution in [0.3, 0.4) is 0 Å². The van der Waals surface area contributed by atoms with Gasteiger partial charge in [-0.3, -0.25) is 15.0 Å². The van der Waals surface area contributed by atoms with E-state index in [4.69, 9.17) is 0 Å². The van der Waals surface area contributed by atoms with Crippen molar-refractivity contribution in [2.75, 3.05) is 26.7 Å². The van der Waals surface area contributed by atoms with Gasteiger partial charge in [-0.25, -0.2) is 0 Å². The molecule has 1 fully saturated rings. The molecule has 1 saturated heterocycles. The van der Waals surface area contributed by atoms with E-state index in [2.05, 4.69) is 54.2 Å². The first-order valence-electron chi connectivity index (χ1n) is 12.7. The van der Waals surface area contributed by atoms with Crippen molar-refractivity contribution < 1.29 is 5.11 Å². The third-order valence-corrected chi connectivity index (χ3v) is 7.71. The molecule has 6 heteroatoms. The number of aromatic amines is 1. The number of likely N-dealkylation sites (N-methyl/N-ethyl adjacent to an activating group) is 1. The number of aliphatic hydroxyl groups is 1. The molecule has 0 spiro atoms. The van der Waals surface area contributed by atoms with Crippen LogP contribution in [0, 0.1) is 13.8 Å². The molecule has 1 aliphatic rings. The first kappa shape index (κ1) is 24.7. The van der Waals surface area contributed by atoms with Crippen molar-refractivity contribution in [2.24, 2.45) is 0 Å². The summed E-state index contributed by atoms with van der Waals surface area (Å²) in [5.74, 6) is 0.891. The van der Waals surface area contributed by atoms with Gasteiger partial charge in [0.2, 0.25) is 0 Å². The molecule has 3 heterocycles. The van der Waals surface area contributed by atoms with Gasteiger partial charge in [0.25, 0.3) is 5.56 Å². The Balaban J connectivity index is 1.71. The van der Waals surface area contributed by atoms with Crippen LogP contribution in [-0.2, 0) is 6.54 Å². The van der Waals surface area contributed by atoms with E-state index in [0.717, 1.165) is 53.8 Å². The summed E-state index contributed by atoms with van der Waals surface area (Å²) >= 11 is 0. The van der Waals surface area contributed by atoms with Crippen molar-refractivity contribution >= 4 is 10.9 Å². The normalized spacial score (nSPS) is 16.6. The first-order valence-corrected chi connectivity index (χ1v) is 12.7. The van der Waals surface area contributed by atoms with Gasteiger partial charge in [-0.15, -0.1) is 0 Å². The minimum atomic E-state index is -0.464. The monoisotopic (exact) mass is 464 g/mol. The Morgan fingerprint density at radius 2 is 1.88 bits per heavy atom. The molecule has 34 heavy (non-hydrogen) atoms. The van der Waals surface area contributed by atoms with Crippen LogP contribution < -0.4 is 10.9 Å². The topological polar surface area (TPSA) is 73.3 Å². The number of piperidine rings is 1. The van der Waals surface area contributed by atoms with E-state index in [0.29, 0.717) is 24.9 Å². The summed E-state index contributed by atoms with van der Waals surface area (Å²) in [4.78, 5) is 18.7. The summed E-state index contributed by atoms with van der Waals surface area (Å²) in [6, 6.07) is 6.90. The maximum Gasteiger partial charge on any atom is 0.253 e. The minimum absolute atomic E-state index is 0.0989. The number of H-pyrrole nitrogens is 1. The second-order valence-electron chi connectivity index (χ2n) is 10.1. The molecular weight excluding hydrogens is 424 g/mol. The van der Waals surface area contributed by atoms with Crippen LogP contribution in [0.15, 0.2) is 29.2 Å². The highest BCUT2D eigenvalue weighted by molar-refractivity contribution is 5.92. The third kappa shape index (κ3) is 4.59. The minimum Gasteiger partial charge on any atom is -0.377 e. The maximum atomic E-state index is 12.6. The second kappa shape index (κ2) is 10.1. The van der Waals surface area contributed by atoms with Crippen molar-refractivity contribution in [1.29, 1.82) is 0 Å². The lowest BCUT2D eigenvalue weighted by Gasteiger charge is -2.33. The predicted molar refractivity (Wildman–Crippen MR) is 141 cm³/mol. The van der Waals surface area contributed by atoms with Gasteiger partial charge < -0.3 is 14.7 Å². The van der Waals surface area contributed by atoms with Gasteiger partial charge in [0.1, 0.15) is 6.23 Å². The van der Waals surface area contributed by atoms with Crippen molar-refractivity contribution in [2.45, 2.75) is 72.1 Å². The fourth-order valence-electron chi connectivity index (χ4n) is 5.46. The number of likely N-dealkylation sites (tertiary alicyclic amines) is 1. The van der Waals surface area contributed by atoms with Gasteiger partial charge >= 0.3 is 0 Å². The Morgan fingerprint density at radius 3 is 2.50 bits per heavy atom. The van der Waals surface area contributed by atoms with Crippen LogP contribution >= 0.6 is 0 Å². The highest BCUT2D eigenvalue weighted by atomic mass is 16.3. The smallest absolute Gasteiger partial charge is 0.253 e.